The fourth-order valence-electron chi connectivity index (χ4n) is 3.15. The van der Waals surface area contributed by atoms with Crippen LogP contribution < -0.4 is 10.6 Å². The highest BCUT2D eigenvalue weighted by atomic mass is 16.5. The van der Waals surface area contributed by atoms with Gasteiger partial charge in [0.1, 0.15) is 6.10 Å². The van der Waals surface area contributed by atoms with Crippen LogP contribution >= 0.6 is 0 Å². The van der Waals surface area contributed by atoms with Gasteiger partial charge in [0.25, 0.3) is 5.91 Å². The normalized spacial score (nSPS) is 21.4. The van der Waals surface area contributed by atoms with Gasteiger partial charge in [-0.25, -0.2) is 0 Å². The van der Waals surface area contributed by atoms with E-state index in [1.54, 1.807) is 0 Å². The Morgan fingerprint density at radius 2 is 2.30 bits per heavy atom. The molecular formula is C18H27N3O2. The molecule has 0 aromatic heterocycles. The molecule has 1 amide bonds. The lowest BCUT2D eigenvalue weighted by Gasteiger charge is -2.23. The standard InChI is InChI=1S/C18H27N3O2/c1-13(2)6-8-21-11-14-4-3-5-16(15(14)12-21)20-18(22)17-10-19-7-9-23-17/h3-5,13,17,19H,6-12H2,1-2H3,(H,20,22)/t17-/m1/s1. The summed E-state index contributed by atoms with van der Waals surface area (Å²) >= 11 is 0. The number of amides is 1. The SMILES string of the molecule is CC(C)CCN1Cc2cccc(NC(=O)[C@H]3CNCCO3)c2C1. The van der Waals surface area contributed by atoms with Crippen molar-refractivity contribution in [2.45, 2.75) is 39.5 Å². The first-order valence-corrected chi connectivity index (χ1v) is 8.60. The van der Waals surface area contributed by atoms with Gasteiger partial charge >= 0.3 is 0 Å². The summed E-state index contributed by atoms with van der Waals surface area (Å²) in [5.41, 5.74) is 3.52. The Labute approximate surface area is 138 Å². The lowest BCUT2D eigenvalue weighted by molar-refractivity contribution is -0.128. The third kappa shape index (κ3) is 4.10. The van der Waals surface area contributed by atoms with Gasteiger partial charge in [-0.2, -0.15) is 0 Å². The number of hydrogen-bond donors (Lipinski definition) is 2. The Kier molecular flexibility index (Phi) is 5.30. The molecule has 126 valence electrons. The molecule has 2 heterocycles. The van der Waals surface area contributed by atoms with Crippen LogP contribution in [0.25, 0.3) is 0 Å². The summed E-state index contributed by atoms with van der Waals surface area (Å²) in [6.07, 6.45) is 0.815. The van der Waals surface area contributed by atoms with E-state index in [4.69, 9.17) is 4.74 Å². The summed E-state index contributed by atoms with van der Waals surface area (Å²) in [4.78, 5) is 14.8. The lowest BCUT2D eigenvalue weighted by Crippen LogP contribution is -2.45. The summed E-state index contributed by atoms with van der Waals surface area (Å²) in [6.45, 7) is 9.51. The quantitative estimate of drug-likeness (QED) is 0.872. The topological polar surface area (TPSA) is 53.6 Å². The van der Waals surface area contributed by atoms with Crippen molar-refractivity contribution < 1.29 is 9.53 Å². The fraction of sp³-hybridized carbons (Fsp3) is 0.611. The molecule has 3 rings (SSSR count). The van der Waals surface area contributed by atoms with Gasteiger partial charge in [-0.3, -0.25) is 9.69 Å². The van der Waals surface area contributed by atoms with Crippen molar-refractivity contribution in [3.05, 3.63) is 29.3 Å². The lowest BCUT2D eigenvalue weighted by atomic mass is 10.1. The average Bonchev–Trinajstić information content (AvgIpc) is 2.98. The molecule has 1 aromatic rings. The van der Waals surface area contributed by atoms with Gasteiger partial charge < -0.3 is 15.4 Å². The number of carbonyl (C=O) groups is 1. The Hall–Kier alpha value is -1.43. The van der Waals surface area contributed by atoms with Crippen LogP contribution in [0, 0.1) is 5.92 Å². The van der Waals surface area contributed by atoms with E-state index < -0.39 is 6.10 Å². The summed E-state index contributed by atoms with van der Waals surface area (Å²) in [6, 6.07) is 6.19. The predicted molar refractivity (Wildman–Crippen MR) is 91.3 cm³/mol. The van der Waals surface area contributed by atoms with E-state index in [0.717, 1.165) is 31.9 Å². The smallest absolute Gasteiger partial charge is 0.254 e. The molecule has 0 aliphatic carbocycles. The molecule has 1 saturated heterocycles. The monoisotopic (exact) mass is 317 g/mol. The molecule has 2 aliphatic heterocycles. The molecule has 2 aliphatic rings. The minimum atomic E-state index is -0.391. The number of ether oxygens (including phenoxy) is 1. The van der Waals surface area contributed by atoms with Crippen LogP contribution in [-0.2, 0) is 22.6 Å². The zero-order valence-corrected chi connectivity index (χ0v) is 14.1. The minimum absolute atomic E-state index is 0.0498. The summed E-state index contributed by atoms with van der Waals surface area (Å²) in [7, 11) is 0. The van der Waals surface area contributed by atoms with E-state index in [1.807, 2.05) is 12.1 Å². The number of nitrogens with one attached hydrogen (secondary N) is 2. The Balaban J connectivity index is 1.64. The number of hydrogen-bond acceptors (Lipinski definition) is 4. The fourth-order valence-corrected chi connectivity index (χ4v) is 3.15. The first kappa shape index (κ1) is 16.4. The highest BCUT2D eigenvalue weighted by Gasteiger charge is 2.25. The van der Waals surface area contributed by atoms with Crippen LogP contribution in [0.15, 0.2) is 18.2 Å². The number of nitrogens with zero attached hydrogens (tertiary/aromatic N) is 1. The van der Waals surface area contributed by atoms with Crippen LogP contribution in [0.2, 0.25) is 0 Å². The van der Waals surface area contributed by atoms with Gasteiger partial charge in [0, 0.05) is 31.9 Å². The van der Waals surface area contributed by atoms with Gasteiger partial charge in [0.15, 0.2) is 0 Å². The van der Waals surface area contributed by atoms with E-state index in [9.17, 15) is 4.79 Å². The van der Waals surface area contributed by atoms with Crippen molar-refractivity contribution in [1.29, 1.82) is 0 Å². The summed E-state index contributed by atoms with van der Waals surface area (Å²) in [5, 5.41) is 6.26. The maximum atomic E-state index is 12.4. The number of rotatable bonds is 5. The average molecular weight is 317 g/mol. The van der Waals surface area contributed by atoms with Crippen LogP contribution in [0.3, 0.4) is 0 Å². The molecule has 5 heteroatoms. The molecule has 1 atom stereocenters. The van der Waals surface area contributed by atoms with Crippen LogP contribution in [-0.4, -0.2) is 43.2 Å². The number of fused-ring (bicyclic) bond motifs is 1. The van der Waals surface area contributed by atoms with Crippen LogP contribution in [0.5, 0.6) is 0 Å². The Morgan fingerprint density at radius 1 is 1.43 bits per heavy atom. The number of morpholine rings is 1. The van der Waals surface area contributed by atoms with Gasteiger partial charge in [0.05, 0.1) is 6.61 Å². The zero-order chi connectivity index (χ0) is 16.2. The van der Waals surface area contributed by atoms with E-state index in [-0.39, 0.29) is 5.91 Å². The van der Waals surface area contributed by atoms with E-state index in [1.165, 1.54) is 17.5 Å². The predicted octanol–water partition coefficient (Wildman–Crippen LogP) is 1.98. The van der Waals surface area contributed by atoms with Crippen LogP contribution in [0.4, 0.5) is 5.69 Å². The van der Waals surface area contributed by atoms with Crippen molar-refractivity contribution in [2.24, 2.45) is 5.92 Å². The van der Waals surface area contributed by atoms with Gasteiger partial charge in [-0.05, 0) is 36.1 Å². The molecule has 0 bridgehead atoms. The largest absolute Gasteiger partial charge is 0.366 e. The second-order valence-electron chi connectivity index (χ2n) is 6.89. The van der Waals surface area contributed by atoms with Gasteiger partial charge in [0.2, 0.25) is 0 Å². The maximum absolute atomic E-state index is 12.4. The number of anilines is 1. The van der Waals surface area contributed by atoms with Crippen molar-refractivity contribution >= 4 is 11.6 Å². The van der Waals surface area contributed by atoms with E-state index in [2.05, 4.69) is 35.4 Å². The molecule has 5 nitrogen and oxygen atoms in total. The maximum Gasteiger partial charge on any atom is 0.254 e. The van der Waals surface area contributed by atoms with Crippen LogP contribution in [0.1, 0.15) is 31.4 Å². The second kappa shape index (κ2) is 7.43. The second-order valence-corrected chi connectivity index (χ2v) is 6.89. The molecule has 2 N–H and O–H groups in total. The Morgan fingerprint density at radius 3 is 3.04 bits per heavy atom. The molecule has 1 aromatic carbocycles. The summed E-state index contributed by atoms with van der Waals surface area (Å²) in [5.74, 6) is 0.667. The Bertz CT molecular complexity index is 553. The molecular weight excluding hydrogens is 290 g/mol. The highest BCUT2D eigenvalue weighted by Crippen LogP contribution is 2.29. The van der Waals surface area contributed by atoms with Crippen molar-refractivity contribution in [3.63, 3.8) is 0 Å². The van der Waals surface area contributed by atoms with E-state index in [0.29, 0.717) is 19.1 Å². The molecule has 1 fully saturated rings. The minimum Gasteiger partial charge on any atom is -0.366 e. The summed E-state index contributed by atoms with van der Waals surface area (Å²) < 4.78 is 5.53. The third-order valence-electron chi connectivity index (χ3n) is 4.55. The van der Waals surface area contributed by atoms with Gasteiger partial charge in [-0.15, -0.1) is 0 Å². The first-order chi connectivity index (χ1) is 11.1. The van der Waals surface area contributed by atoms with Crippen molar-refractivity contribution in [1.82, 2.24) is 10.2 Å². The molecule has 0 radical (unpaired) electrons. The molecule has 0 unspecified atom stereocenters. The molecule has 0 spiro atoms. The molecule has 23 heavy (non-hydrogen) atoms. The van der Waals surface area contributed by atoms with Crippen molar-refractivity contribution in [3.8, 4) is 0 Å². The molecule has 0 saturated carbocycles. The number of benzene rings is 1. The highest BCUT2D eigenvalue weighted by molar-refractivity contribution is 5.95. The first-order valence-electron chi connectivity index (χ1n) is 8.60. The van der Waals surface area contributed by atoms with Crippen molar-refractivity contribution in [2.75, 3.05) is 31.6 Å². The van der Waals surface area contributed by atoms with Gasteiger partial charge in [-0.1, -0.05) is 26.0 Å². The van der Waals surface area contributed by atoms with E-state index >= 15 is 0 Å². The zero-order valence-electron chi connectivity index (χ0n) is 14.1. The number of carbonyl (C=O) groups excluding carboxylic acids is 1. The third-order valence-corrected chi connectivity index (χ3v) is 4.55.